The topological polar surface area (TPSA) is 0 Å². The summed E-state index contributed by atoms with van der Waals surface area (Å²) in [4.78, 5) is 0. The smallest absolute Gasteiger partial charge is 0.0178 e. The van der Waals surface area contributed by atoms with Crippen molar-refractivity contribution < 1.29 is 0 Å². The predicted octanol–water partition coefficient (Wildman–Crippen LogP) is 4.31. The van der Waals surface area contributed by atoms with Gasteiger partial charge in [-0.2, -0.15) is 0 Å². The van der Waals surface area contributed by atoms with Gasteiger partial charge in [0.15, 0.2) is 0 Å². The Balaban J connectivity index is 2.44. The van der Waals surface area contributed by atoms with Crippen LogP contribution in [0, 0.1) is 6.92 Å². The molecule has 0 fully saturated rings. The van der Waals surface area contributed by atoms with Crippen molar-refractivity contribution in [1.82, 2.24) is 0 Å². The Bertz CT molecular complexity index is 464. The molecule has 0 heterocycles. The molecule has 0 aliphatic carbocycles. The van der Waals surface area contributed by atoms with Crippen LogP contribution in [0.4, 0.5) is 0 Å². The van der Waals surface area contributed by atoms with Crippen LogP contribution in [0.5, 0.6) is 0 Å². The zero-order valence-electron chi connectivity index (χ0n) is 8.90. The molecule has 0 aromatic heterocycles. The first-order valence-electron chi connectivity index (χ1n) is 5.09. The van der Waals surface area contributed by atoms with Crippen molar-refractivity contribution in [3.05, 3.63) is 66.2 Å². The fraction of sp³-hybridized carbons (Fsp3) is 0.0667. The second-order valence-corrected chi connectivity index (χ2v) is 3.70. The van der Waals surface area contributed by atoms with Crippen LogP contribution in [0.25, 0.3) is 17.2 Å². The Morgan fingerprint density at radius 3 is 2.33 bits per heavy atom. The number of hydrogen-bond donors (Lipinski definition) is 0. The zero-order chi connectivity index (χ0) is 10.7. The molecular formula is C15H14. The van der Waals surface area contributed by atoms with Gasteiger partial charge < -0.3 is 0 Å². The summed E-state index contributed by atoms with van der Waals surface area (Å²) in [5.41, 5.74) is 4.95. The van der Waals surface area contributed by atoms with Gasteiger partial charge in [0.05, 0.1) is 0 Å². The highest BCUT2D eigenvalue weighted by molar-refractivity contribution is 5.67. The van der Waals surface area contributed by atoms with Crippen LogP contribution in [0.1, 0.15) is 11.1 Å². The molecule has 15 heavy (non-hydrogen) atoms. The second kappa shape index (κ2) is 4.14. The molecule has 0 spiro atoms. The largest absolute Gasteiger partial charge is 0.0985 e. The quantitative estimate of drug-likeness (QED) is 0.668. The third-order valence-electron chi connectivity index (χ3n) is 2.51. The molecule has 0 nitrogen and oxygen atoms in total. The normalized spacial score (nSPS) is 9.93. The molecule has 0 atom stereocenters. The Morgan fingerprint density at radius 2 is 1.67 bits per heavy atom. The SMILES string of the molecule is C=Cc1cccc(-c2ccc(C)cc2)c1. The fourth-order valence-electron chi connectivity index (χ4n) is 1.59. The summed E-state index contributed by atoms with van der Waals surface area (Å²) in [6.07, 6.45) is 1.87. The van der Waals surface area contributed by atoms with Gasteiger partial charge in [0, 0.05) is 0 Å². The van der Waals surface area contributed by atoms with Crippen LogP contribution < -0.4 is 0 Å². The molecule has 2 aromatic rings. The first kappa shape index (κ1) is 9.72. The van der Waals surface area contributed by atoms with E-state index >= 15 is 0 Å². The summed E-state index contributed by atoms with van der Waals surface area (Å²) in [6, 6.07) is 17.0. The van der Waals surface area contributed by atoms with Gasteiger partial charge in [0.1, 0.15) is 0 Å². The van der Waals surface area contributed by atoms with Gasteiger partial charge in [-0.3, -0.25) is 0 Å². The van der Waals surface area contributed by atoms with Crippen molar-refractivity contribution in [2.45, 2.75) is 6.92 Å². The molecule has 74 valence electrons. The van der Waals surface area contributed by atoms with Gasteiger partial charge in [-0.15, -0.1) is 0 Å². The Hall–Kier alpha value is -1.82. The highest BCUT2D eigenvalue weighted by Gasteiger charge is 1.96. The minimum Gasteiger partial charge on any atom is -0.0985 e. The molecule has 2 aromatic carbocycles. The molecule has 0 saturated heterocycles. The van der Waals surface area contributed by atoms with E-state index in [1.165, 1.54) is 16.7 Å². The lowest BCUT2D eigenvalue weighted by atomic mass is 10.0. The molecule has 2 rings (SSSR count). The third-order valence-corrected chi connectivity index (χ3v) is 2.51. The third kappa shape index (κ3) is 2.16. The number of aryl methyl sites for hydroxylation is 1. The average molecular weight is 194 g/mol. The van der Waals surface area contributed by atoms with Crippen LogP contribution in [0.2, 0.25) is 0 Å². The standard InChI is InChI=1S/C15H14/c1-3-13-5-4-6-15(11-13)14-9-7-12(2)8-10-14/h3-11H,1H2,2H3. The summed E-state index contributed by atoms with van der Waals surface area (Å²) in [5.74, 6) is 0. The van der Waals surface area contributed by atoms with E-state index in [1.54, 1.807) is 0 Å². The Morgan fingerprint density at radius 1 is 0.933 bits per heavy atom. The average Bonchev–Trinajstić information content (AvgIpc) is 2.30. The van der Waals surface area contributed by atoms with Crippen molar-refractivity contribution in [1.29, 1.82) is 0 Å². The van der Waals surface area contributed by atoms with E-state index in [2.05, 4.69) is 62.0 Å². The first-order chi connectivity index (χ1) is 7.29. The van der Waals surface area contributed by atoms with E-state index in [9.17, 15) is 0 Å². The van der Waals surface area contributed by atoms with Crippen LogP contribution in [-0.4, -0.2) is 0 Å². The molecular weight excluding hydrogens is 180 g/mol. The van der Waals surface area contributed by atoms with E-state index in [-0.39, 0.29) is 0 Å². The molecule has 0 N–H and O–H groups in total. The molecule has 0 bridgehead atoms. The van der Waals surface area contributed by atoms with Crippen LogP contribution >= 0.6 is 0 Å². The van der Waals surface area contributed by atoms with Crippen molar-refractivity contribution in [3.8, 4) is 11.1 Å². The lowest BCUT2D eigenvalue weighted by molar-refractivity contribution is 1.47. The van der Waals surface area contributed by atoms with Crippen molar-refractivity contribution in [3.63, 3.8) is 0 Å². The van der Waals surface area contributed by atoms with Gasteiger partial charge in [-0.05, 0) is 29.7 Å². The maximum absolute atomic E-state index is 3.78. The van der Waals surface area contributed by atoms with Gasteiger partial charge in [0.2, 0.25) is 0 Å². The van der Waals surface area contributed by atoms with Crippen LogP contribution in [-0.2, 0) is 0 Å². The molecule has 0 saturated carbocycles. The van der Waals surface area contributed by atoms with Crippen molar-refractivity contribution in [2.24, 2.45) is 0 Å². The number of benzene rings is 2. The van der Waals surface area contributed by atoms with E-state index in [0.29, 0.717) is 0 Å². The summed E-state index contributed by atoms with van der Waals surface area (Å²) >= 11 is 0. The summed E-state index contributed by atoms with van der Waals surface area (Å²) in [6.45, 7) is 5.88. The van der Waals surface area contributed by atoms with Gasteiger partial charge >= 0.3 is 0 Å². The lowest BCUT2D eigenvalue weighted by Crippen LogP contribution is -1.79. The maximum atomic E-state index is 3.78. The molecule has 0 aliphatic heterocycles. The Labute approximate surface area is 90.9 Å². The van der Waals surface area contributed by atoms with Crippen molar-refractivity contribution in [2.75, 3.05) is 0 Å². The van der Waals surface area contributed by atoms with Gasteiger partial charge in [0.25, 0.3) is 0 Å². The monoisotopic (exact) mass is 194 g/mol. The first-order valence-corrected chi connectivity index (χ1v) is 5.09. The van der Waals surface area contributed by atoms with E-state index in [4.69, 9.17) is 0 Å². The number of rotatable bonds is 2. The molecule has 0 heteroatoms. The fourth-order valence-corrected chi connectivity index (χ4v) is 1.59. The second-order valence-electron chi connectivity index (χ2n) is 3.70. The summed E-state index contributed by atoms with van der Waals surface area (Å²) in [7, 11) is 0. The minimum atomic E-state index is 1.16. The molecule has 0 unspecified atom stereocenters. The summed E-state index contributed by atoms with van der Waals surface area (Å²) < 4.78 is 0. The van der Waals surface area contributed by atoms with Crippen molar-refractivity contribution >= 4 is 6.08 Å². The maximum Gasteiger partial charge on any atom is -0.0178 e. The minimum absolute atomic E-state index is 1.16. The predicted molar refractivity (Wildman–Crippen MR) is 66.7 cm³/mol. The molecule has 0 amide bonds. The number of hydrogen-bond acceptors (Lipinski definition) is 0. The van der Waals surface area contributed by atoms with Crippen LogP contribution in [0.3, 0.4) is 0 Å². The van der Waals surface area contributed by atoms with E-state index in [0.717, 1.165) is 5.56 Å². The highest BCUT2D eigenvalue weighted by Crippen LogP contribution is 2.21. The van der Waals surface area contributed by atoms with Crippen LogP contribution in [0.15, 0.2) is 55.1 Å². The van der Waals surface area contributed by atoms with E-state index in [1.807, 2.05) is 6.08 Å². The molecule has 0 aliphatic rings. The lowest BCUT2D eigenvalue weighted by Gasteiger charge is -2.03. The van der Waals surface area contributed by atoms with Gasteiger partial charge in [-0.25, -0.2) is 0 Å². The van der Waals surface area contributed by atoms with Gasteiger partial charge in [-0.1, -0.05) is 60.7 Å². The van der Waals surface area contributed by atoms with E-state index < -0.39 is 0 Å². The highest BCUT2D eigenvalue weighted by atomic mass is 14.0. The molecule has 0 radical (unpaired) electrons. The zero-order valence-corrected chi connectivity index (χ0v) is 8.90. The summed E-state index contributed by atoms with van der Waals surface area (Å²) in [5, 5.41) is 0. The Kier molecular flexibility index (Phi) is 2.68.